The molecule has 0 saturated heterocycles. The molecule has 1 aromatic heterocycles. The summed E-state index contributed by atoms with van der Waals surface area (Å²) in [7, 11) is 0. The second-order valence-electron chi connectivity index (χ2n) is 3.11. The minimum absolute atomic E-state index is 0.0371. The SMILES string of the molecule is Fc1cc(Oc2ccnc(Cl)c2)c(F)cc1Br. The average molecular weight is 321 g/mol. The third-order valence-electron chi connectivity index (χ3n) is 1.90. The summed E-state index contributed by atoms with van der Waals surface area (Å²) in [4.78, 5) is 3.75. The topological polar surface area (TPSA) is 22.1 Å². The third-order valence-corrected chi connectivity index (χ3v) is 2.72. The average Bonchev–Trinajstić information content (AvgIpc) is 2.26. The molecule has 0 aliphatic carbocycles. The van der Waals surface area contributed by atoms with Crippen molar-refractivity contribution >= 4 is 27.5 Å². The van der Waals surface area contributed by atoms with Gasteiger partial charge in [-0.25, -0.2) is 13.8 Å². The number of rotatable bonds is 2. The van der Waals surface area contributed by atoms with Crippen molar-refractivity contribution in [3.63, 3.8) is 0 Å². The molecule has 88 valence electrons. The van der Waals surface area contributed by atoms with E-state index in [4.69, 9.17) is 16.3 Å². The maximum absolute atomic E-state index is 13.4. The van der Waals surface area contributed by atoms with Gasteiger partial charge in [0, 0.05) is 18.3 Å². The summed E-state index contributed by atoms with van der Waals surface area (Å²) in [6.07, 6.45) is 1.41. The first kappa shape index (κ1) is 12.3. The number of ether oxygens (including phenoxy) is 1. The Morgan fingerprint density at radius 1 is 1.18 bits per heavy atom. The minimum Gasteiger partial charge on any atom is -0.454 e. The molecule has 0 saturated carbocycles. The molecule has 0 N–H and O–H groups in total. The molecular weight excluding hydrogens is 315 g/mol. The van der Waals surface area contributed by atoms with E-state index < -0.39 is 11.6 Å². The fourth-order valence-corrected chi connectivity index (χ4v) is 1.64. The molecule has 2 nitrogen and oxygen atoms in total. The number of halogens is 4. The number of benzene rings is 1. The summed E-state index contributed by atoms with van der Waals surface area (Å²) in [5, 5.41) is 0.209. The monoisotopic (exact) mass is 319 g/mol. The van der Waals surface area contributed by atoms with Crippen LogP contribution < -0.4 is 4.74 Å². The molecule has 0 atom stereocenters. The van der Waals surface area contributed by atoms with Crippen LogP contribution in [0.3, 0.4) is 0 Å². The lowest BCUT2D eigenvalue weighted by molar-refractivity contribution is 0.435. The van der Waals surface area contributed by atoms with Gasteiger partial charge in [0.25, 0.3) is 0 Å². The summed E-state index contributed by atoms with van der Waals surface area (Å²) in [6.45, 7) is 0. The third kappa shape index (κ3) is 2.92. The lowest BCUT2D eigenvalue weighted by atomic mass is 10.3. The van der Waals surface area contributed by atoms with Crippen molar-refractivity contribution in [3.8, 4) is 11.5 Å². The zero-order chi connectivity index (χ0) is 12.4. The first-order valence-corrected chi connectivity index (χ1v) is 5.67. The van der Waals surface area contributed by atoms with Gasteiger partial charge in [-0.2, -0.15) is 0 Å². The van der Waals surface area contributed by atoms with E-state index in [0.29, 0.717) is 0 Å². The van der Waals surface area contributed by atoms with Crippen molar-refractivity contribution in [2.75, 3.05) is 0 Å². The zero-order valence-corrected chi connectivity index (χ0v) is 10.6. The molecule has 0 amide bonds. The molecule has 0 aliphatic rings. The van der Waals surface area contributed by atoms with Crippen LogP contribution in [-0.2, 0) is 0 Å². The maximum atomic E-state index is 13.4. The van der Waals surface area contributed by atoms with Crippen LogP contribution in [0.2, 0.25) is 5.15 Å². The molecule has 0 aliphatic heterocycles. The van der Waals surface area contributed by atoms with Gasteiger partial charge in [-0.3, -0.25) is 0 Å². The van der Waals surface area contributed by atoms with Crippen molar-refractivity contribution in [3.05, 3.63) is 51.7 Å². The van der Waals surface area contributed by atoms with E-state index in [1.54, 1.807) is 0 Å². The zero-order valence-electron chi connectivity index (χ0n) is 8.25. The number of aromatic nitrogens is 1. The molecule has 1 aromatic carbocycles. The Bertz CT molecular complexity index is 565. The summed E-state index contributed by atoms with van der Waals surface area (Å²) < 4.78 is 31.9. The standard InChI is InChI=1S/C11H5BrClF2NO/c12-7-4-9(15)10(5-8(7)14)17-6-1-2-16-11(13)3-6/h1-5H. The van der Waals surface area contributed by atoms with Crippen LogP contribution in [0, 0.1) is 11.6 Å². The highest BCUT2D eigenvalue weighted by Crippen LogP contribution is 2.29. The molecular formula is C11H5BrClF2NO. The van der Waals surface area contributed by atoms with E-state index in [1.807, 2.05) is 0 Å². The van der Waals surface area contributed by atoms with Crippen LogP contribution >= 0.6 is 27.5 Å². The molecule has 0 unspecified atom stereocenters. The van der Waals surface area contributed by atoms with Crippen LogP contribution in [-0.4, -0.2) is 4.98 Å². The van der Waals surface area contributed by atoms with Crippen molar-refractivity contribution in [2.24, 2.45) is 0 Å². The predicted octanol–water partition coefficient (Wildman–Crippen LogP) is 4.57. The summed E-state index contributed by atoms with van der Waals surface area (Å²) >= 11 is 8.52. The Morgan fingerprint density at radius 2 is 1.94 bits per heavy atom. The first-order valence-electron chi connectivity index (χ1n) is 4.50. The van der Waals surface area contributed by atoms with Gasteiger partial charge in [-0.05, 0) is 28.1 Å². The summed E-state index contributed by atoms with van der Waals surface area (Å²) in [6, 6.07) is 4.84. The van der Waals surface area contributed by atoms with Crippen LogP contribution in [0.4, 0.5) is 8.78 Å². The van der Waals surface area contributed by atoms with E-state index >= 15 is 0 Å². The smallest absolute Gasteiger partial charge is 0.167 e. The van der Waals surface area contributed by atoms with Gasteiger partial charge >= 0.3 is 0 Å². The summed E-state index contributed by atoms with van der Waals surface area (Å²) in [5.74, 6) is -1.22. The first-order chi connectivity index (χ1) is 8.06. The van der Waals surface area contributed by atoms with E-state index in [1.165, 1.54) is 18.3 Å². The highest BCUT2D eigenvalue weighted by atomic mass is 79.9. The largest absolute Gasteiger partial charge is 0.454 e. The van der Waals surface area contributed by atoms with Crippen molar-refractivity contribution in [1.82, 2.24) is 4.98 Å². The number of hydrogen-bond acceptors (Lipinski definition) is 2. The van der Waals surface area contributed by atoms with Crippen LogP contribution in [0.15, 0.2) is 34.9 Å². The second kappa shape index (κ2) is 4.98. The van der Waals surface area contributed by atoms with Crippen molar-refractivity contribution < 1.29 is 13.5 Å². The van der Waals surface area contributed by atoms with E-state index in [0.717, 1.165) is 12.1 Å². The Hall–Kier alpha value is -1.20. The molecule has 6 heteroatoms. The van der Waals surface area contributed by atoms with E-state index in [-0.39, 0.29) is 21.1 Å². The van der Waals surface area contributed by atoms with Crippen LogP contribution in [0.5, 0.6) is 11.5 Å². The normalized spacial score (nSPS) is 10.4. The molecule has 0 radical (unpaired) electrons. The van der Waals surface area contributed by atoms with Crippen molar-refractivity contribution in [1.29, 1.82) is 0 Å². The lowest BCUT2D eigenvalue weighted by Crippen LogP contribution is -1.91. The van der Waals surface area contributed by atoms with Crippen LogP contribution in [0.25, 0.3) is 0 Å². The van der Waals surface area contributed by atoms with E-state index in [9.17, 15) is 8.78 Å². The van der Waals surface area contributed by atoms with Gasteiger partial charge < -0.3 is 4.74 Å². The number of pyridine rings is 1. The quantitative estimate of drug-likeness (QED) is 0.597. The van der Waals surface area contributed by atoms with Gasteiger partial charge in [0.2, 0.25) is 0 Å². The number of hydrogen-bond donors (Lipinski definition) is 0. The molecule has 2 aromatic rings. The molecule has 0 bridgehead atoms. The maximum Gasteiger partial charge on any atom is 0.167 e. The highest BCUT2D eigenvalue weighted by Gasteiger charge is 2.10. The molecule has 0 spiro atoms. The molecule has 1 heterocycles. The van der Waals surface area contributed by atoms with Gasteiger partial charge in [0.1, 0.15) is 16.7 Å². The predicted molar refractivity (Wildman–Crippen MR) is 63.4 cm³/mol. The molecule has 2 rings (SSSR count). The van der Waals surface area contributed by atoms with E-state index in [2.05, 4.69) is 20.9 Å². The fraction of sp³-hybridized carbons (Fsp3) is 0. The summed E-state index contributed by atoms with van der Waals surface area (Å²) in [5.41, 5.74) is 0. The van der Waals surface area contributed by atoms with Gasteiger partial charge in [-0.15, -0.1) is 0 Å². The Kier molecular flexibility index (Phi) is 3.59. The highest BCUT2D eigenvalue weighted by molar-refractivity contribution is 9.10. The lowest BCUT2D eigenvalue weighted by Gasteiger charge is -2.07. The van der Waals surface area contributed by atoms with Crippen LogP contribution in [0.1, 0.15) is 0 Å². The van der Waals surface area contributed by atoms with Gasteiger partial charge in [0.05, 0.1) is 4.47 Å². The van der Waals surface area contributed by atoms with Gasteiger partial charge in [0.15, 0.2) is 11.6 Å². The second-order valence-corrected chi connectivity index (χ2v) is 4.35. The van der Waals surface area contributed by atoms with Gasteiger partial charge in [-0.1, -0.05) is 11.6 Å². The molecule has 17 heavy (non-hydrogen) atoms. The molecule has 0 fully saturated rings. The Labute approximate surface area is 109 Å². The Balaban J connectivity index is 2.33. The number of nitrogens with zero attached hydrogens (tertiary/aromatic N) is 1. The Morgan fingerprint density at radius 3 is 2.65 bits per heavy atom. The minimum atomic E-state index is -0.675. The van der Waals surface area contributed by atoms with Crippen molar-refractivity contribution in [2.45, 2.75) is 0 Å². The fourth-order valence-electron chi connectivity index (χ4n) is 1.16.